The van der Waals surface area contributed by atoms with Gasteiger partial charge in [0.1, 0.15) is 5.65 Å². The number of benzene rings is 1. The van der Waals surface area contributed by atoms with Gasteiger partial charge in [-0.25, -0.2) is 4.98 Å². The molecule has 1 amide bonds. The molecule has 3 aromatic rings. The van der Waals surface area contributed by atoms with Crippen molar-refractivity contribution in [2.45, 2.75) is 0 Å². The van der Waals surface area contributed by atoms with E-state index < -0.39 is 5.91 Å². The monoisotopic (exact) mass is 251 g/mol. The number of carbonyl (C=O) groups excluding carboxylic acids is 1. The summed E-state index contributed by atoms with van der Waals surface area (Å²) in [5.41, 5.74) is 8.67. The van der Waals surface area contributed by atoms with Gasteiger partial charge in [-0.3, -0.25) is 4.79 Å². The molecular formula is C15H13N3O. The highest BCUT2D eigenvalue weighted by Gasteiger charge is 2.13. The van der Waals surface area contributed by atoms with Gasteiger partial charge in [-0.05, 0) is 29.3 Å². The number of aromatic nitrogens is 2. The Labute approximate surface area is 110 Å². The summed E-state index contributed by atoms with van der Waals surface area (Å²) in [6.07, 6.45) is 3.70. The molecule has 1 aromatic carbocycles. The maximum atomic E-state index is 11.5. The van der Waals surface area contributed by atoms with Crippen molar-refractivity contribution in [2.75, 3.05) is 0 Å². The second-order valence-corrected chi connectivity index (χ2v) is 4.43. The van der Waals surface area contributed by atoms with Crippen LogP contribution in [0.25, 0.3) is 22.2 Å². The van der Waals surface area contributed by atoms with Crippen molar-refractivity contribution in [3.8, 4) is 11.1 Å². The van der Waals surface area contributed by atoms with Gasteiger partial charge in [0.05, 0.1) is 0 Å². The largest absolute Gasteiger partial charge is 0.366 e. The average Bonchev–Trinajstić information content (AvgIpc) is 2.81. The molecule has 0 fully saturated rings. The van der Waals surface area contributed by atoms with E-state index in [0.717, 1.165) is 22.2 Å². The summed E-state index contributed by atoms with van der Waals surface area (Å²) < 4.78 is 1.95. The zero-order valence-electron chi connectivity index (χ0n) is 10.5. The number of amides is 1. The number of pyridine rings is 1. The van der Waals surface area contributed by atoms with Crippen molar-refractivity contribution in [1.29, 1.82) is 0 Å². The lowest BCUT2D eigenvalue weighted by Crippen LogP contribution is -2.12. The molecule has 0 spiro atoms. The fraction of sp³-hybridized carbons (Fsp3) is 0.0667. The molecule has 2 aromatic heterocycles. The van der Waals surface area contributed by atoms with E-state index in [2.05, 4.69) is 4.98 Å². The lowest BCUT2D eigenvalue weighted by molar-refractivity contribution is 0.100. The van der Waals surface area contributed by atoms with Crippen LogP contribution >= 0.6 is 0 Å². The number of aryl methyl sites for hydroxylation is 1. The number of rotatable bonds is 2. The van der Waals surface area contributed by atoms with Crippen LogP contribution in [-0.4, -0.2) is 15.5 Å². The van der Waals surface area contributed by atoms with Gasteiger partial charge in [0.25, 0.3) is 0 Å². The molecule has 0 aliphatic carbocycles. The van der Waals surface area contributed by atoms with Crippen LogP contribution in [0.2, 0.25) is 0 Å². The molecule has 4 heteroatoms. The van der Waals surface area contributed by atoms with Gasteiger partial charge >= 0.3 is 0 Å². The van der Waals surface area contributed by atoms with Gasteiger partial charge in [-0.2, -0.15) is 0 Å². The summed E-state index contributed by atoms with van der Waals surface area (Å²) in [6.45, 7) is 0. The number of carbonyl (C=O) groups is 1. The van der Waals surface area contributed by atoms with Crippen LogP contribution in [0, 0.1) is 0 Å². The highest BCUT2D eigenvalue weighted by molar-refractivity contribution is 6.04. The van der Waals surface area contributed by atoms with Crippen LogP contribution in [0.5, 0.6) is 0 Å². The number of primary amides is 1. The molecule has 4 nitrogen and oxygen atoms in total. The molecule has 0 saturated heterocycles. The Morgan fingerprint density at radius 3 is 2.74 bits per heavy atom. The standard InChI is InChI=1S/C15H13N3O/c1-18-9-7-13-11(6-8-17-15(13)18)10-4-2-3-5-12(10)14(16)19/h2-9H,1H3,(H2,16,19). The minimum atomic E-state index is -0.420. The third-order valence-electron chi connectivity index (χ3n) is 3.25. The molecule has 0 aliphatic heterocycles. The van der Waals surface area contributed by atoms with E-state index in [1.807, 2.05) is 48.1 Å². The fourth-order valence-electron chi connectivity index (χ4n) is 2.33. The minimum Gasteiger partial charge on any atom is -0.366 e. The summed E-state index contributed by atoms with van der Waals surface area (Å²) >= 11 is 0. The van der Waals surface area contributed by atoms with Crippen molar-refractivity contribution in [1.82, 2.24) is 9.55 Å². The molecular weight excluding hydrogens is 238 g/mol. The molecule has 3 rings (SSSR count). The quantitative estimate of drug-likeness (QED) is 0.760. The van der Waals surface area contributed by atoms with Crippen molar-refractivity contribution in [2.24, 2.45) is 12.8 Å². The predicted octanol–water partition coefficient (Wildman–Crippen LogP) is 2.34. The van der Waals surface area contributed by atoms with Crippen molar-refractivity contribution in [3.63, 3.8) is 0 Å². The van der Waals surface area contributed by atoms with Crippen LogP contribution in [0.15, 0.2) is 48.8 Å². The Bertz CT molecular complexity index is 774. The molecule has 19 heavy (non-hydrogen) atoms. The van der Waals surface area contributed by atoms with E-state index in [1.54, 1.807) is 12.3 Å². The SMILES string of the molecule is Cn1ccc2c(-c3ccccc3C(N)=O)ccnc21. The molecule has 0 atom stereocenters. The Morgan fingerprint density at radius 2 is 1.95 bits per heavy atom. The van der Waals surface area contributed by atoms with Gasteiger partial charge < -0.3 is 10.3 Å². The van der Waals surface area contributed by atoms with Crippen LogP contribution in [0.1, 0.15) is 10.4 Å². The average molecular weight is 251 g/mol. The fourth-order valence-corrected chi connectivity index (χ4v) is 2.33. The molecule has 2 heterocycles. The second kappa shape index (κ2) is 4.24. The van der Waals surface area contributed by atoms with Gasteiger partial charge in [0, 0.05) is 30.4 Å². The molecule has 0 saturated carbocycles. The van der Waals surface area contributed by atoms with E-state index in [4.69, 9.17) is 5.73 Å². The number of hydrogen-bond acceptors (Lipinski definition) is 2. The van der Waals surface area contributed by atoms with Crippen LogP contribution in [-0.2, 0) is 7.05 Å². The lowest BCUT2D eigenvalue weighted by atomic mass is 9.98. The van der Waals surface area contributed by atoms with Crippen molar-refractivity contribution >= 4 is 16.9 Å². The van der Waals surface area contributed by atoms with Gasteiger partial charge in [-0.15, -0.1) is 0 Å². The predicted molar refractivity (Wildman–Crippen MR) is 74.7 cm³/mol. The summed E-state index contributed by atoms with van der Waals surface area (Å²) in [4.78, 5) is 15.9. The van der Waals surface area contributed by atoms with E-state index >= 15 is 0 Å². The number of nitrogens with two attached hydrogens (primary N) is 1. The summed E-state index contributed by atoms with van der Waals surface area (Å²) in [5, 5.41) is 1.01. The molecule has 94 valence electrons. The summed E-state index contributed by atoms with van der Waals surface area (Å²) in [7, 11) is 1.94. The molecule has 0 aliphatic rings. The van der Waals surface area contributed by atoms with Gasteiger partial charge in [-0.1, -0.05) is 18.2 Å². The first-order valence-corrected chi connectivity index (χ1v) is 5.97. The van der Waals surface area contributed by atoms with E-state index in [1.165, 1.54) is 0 Å². The third-order valence-corrected chi connectivity index (χ3v) is 3.25. The maximum Gasteiger partial charge on any atom is 0.249 e. The smallest absolute Gasteiger partial charge is 0.249 e. The molecule has 0 radical (unpaired) electrons. The van der Waals surface area contributed by atoms with Gasteiger partial charge in [0.15, 0.2) is 0 Å². The zero-order valence-corrected chi connectivity index (χ0v) is 10.5. The maximum absolute atomic E-state index is 11.5. The van der Waals surface area contributed by atoms with Crippen molar-refractivity contribution < 1.29 is 4.79 Å². The number of fused-ring (bicyclic) bond motifs is 1. The highest BCUT2D eigenvalue weighted by atomic mass is 16.1. The Morgan fingerprint density at radius 1 is 1.16 bits per heavy atom. The summed E-state index contributed by atoms with van der Waals surface area (Å²) in [6, 6.07) is 11.3. The second-order valence-electron chi connectivity index (χ2n) is 4.43. The Balaban J connectivity index is 2.34. The first-order valence-electron chi connectivity index (χ1n) is 5.97. The number of nitrogens with zero attached hydrogens (tertiary/aromatic N) is 2. The first kappa shape index (κ1) is 11.5. The highest BCUT2D eigenvalue weighted by Crippen LogP contribution is 2.30. The third kappa shape index (κ3) is 1.78. The molecule has 2 N–H and O–H groups in total. The van der Waals surface area contributed by atoms with E-state index in [-0.39, 0.29) is 0 Å². The normalized spacial score (nSPS) is 10.8. The van der Waals surface area contributed by atoms with Crippen molar-refractivity contribution in [3.05, 3.63) is 54.4 Å². The molecule has 0 bridgehead atoms. The minimum absolute atomic E-state index is 0.420. The van der Waals surface area contributed by atoms with Crippen LogP contribution in [0.3, 0.4) is 0 Å². The Kier molecular flexibility index (Phi) is 2.56. The van der Waals surface area contributed by atoms with Crippen LogP contribution in [0.4, 0.5) is 0 Å². The van der Waals surface area contributed by atoms with E-state index in [0.29, 0.717) is 5.56 Å². The summed E-state index contributed by atoms with van der Waals surface area (Å²) in [5.74, 6) is -0.420. The topological polar surface area (TPSA) is 60.9 Å². The number of hydrogen-bond donors (Lipinski definition) is 1. The zero-order chi connectivity index (χ0) is 13.4. The van der Waals surface area contributed by atoms with Crippen LogP contribution < -0.4 is 5.73 Å². The molecule has 0 unspecified atom stereocenters. The van der Waals surface area contributed by atoms with E-state index in [9.17, 15) is 4.79 Å². The van der Waals surface area contributed by atoms with Gasteiger partial charge in [0.2, 0.25) is 5.91 Å². The lowest BCUT2D eigenvalue weighted by Gasteiger charge is -2.08. The first-order chi connectivity index (χ1) is 9.18. The Hall–Kier alpha value is -2.62.